The van der Waals surface area contributed by atoms with E-state index in [9.17, 15) is 9.59 Å². The number of carbonyl (C=O) groups is 2. The monoisotopic (exact) mass is 498 g/mol. The van der Waals surface area contributed by atoms with Gasteiger partial charge in [-0.3, -0.25) is 4.79 Å². The Kier molecular flexibility index (Phi) is 7.33. The molecule has 0 aliphatic rings. The quantitative estimate of drug-likeness (QED) is 0.259. The zero-order valence-corrected chi connectivity index (χ0v) is 19.8. The van der Waals surface area contributed by atoms with E-state index in [0.29, 0.717) is 27.8 Å². The SMILES string of the molecule is COc1cccc(NC(=O)CSc2nc3ccc(NC(=O)Nc4ccccc4Cl)cc3s2)c1. The van der Waals surface area contributed by atoms with Gasteiger partial charge in [-0.2, -0.15) is 0 Å². The number of thioether (sulfide) groups is 1. The molecule has 33 heavy (non-hydrogen) atoms. The van der Waals surface area contributed by atoms with Crippen molar-refractivity contribution in [3.63, 3.8) is 0 Å². The highest BCUT2D eigenvalue weighted by Crippen LogP contribution is 2.31. The Morgan fingerprint density at radius 2 is 1.82 bits per heavy atom. The van der Waals surface area contributed by atoms with Crippen molar-refractivity contribution in [2.75, 3.05) is 28.8 Å². The smallest absolute Gasteiger partial charge is 0.323 e. The molecular weight excluding hydrogens is 480 g/mol. The maximum atomic E-state index is 12.3. The molecule has 3 aromatic carbocycles. The number of anilines is 3. The summed E-state index contributed by atoms with van der Waals surface area (Å²) in [6.45, 7) is 0. The van der Waals surface area contributed by atoms with Gasteiger partial charge in [-0.05, 0) is 42.5 Å². The van der Waals surface area contributed by atoms with Gasteiger partial charge in [-0.1, -0.05) is 41.6 Å². The van der Waals surface area contributed by atoms with Crippen molar-refractivity contribution in [3.05, 3.63) is 71.8 Å². The van der Waals surface area contributed by atoms with Crippen molar-refractivity contribution in [2.24, 2.45) is 0 Å². The Balaban J connectivity index is 1.35. The van der Waals surface area contributed by atoms with Crippen LogP contribution in [0.2, 0.25) is 5.02 Å². The van der Waals surface area contributed by atoms with E-state index in [-0.39, 0.29) is 11.7 Å². The number of ether oxygens (including phenoxy) is 1. The minimum atomic E-state index is -0.393. The lowest BCUT2D eigenvalue weighted by Crippen LogP contribution is -2.19. The van der Waals surface area contributed by atoms with E-state index >= 15 is 0 Å². The maximum Gasteiger partial charge on any atom is 0.323 e. The van der Waals surface area contributed by atoms with Crippen LogP contribution in [-0.4, -0.2) is 29.8 Å². The van der Waals surface area contributed by atoms with Gasteiger partial charge in [0.15, 0.2) is 4.34 Å². The second-order valence-electron chi connectivity index (χ2n) is 6.79. The Hall–Kier alpha value is -3.27. The molecule has 4 rings (SSSR count). The molecule has 0 bridgehead atoms. The molecule has 3 N–H and O–H groups in total. The Morgan fingerprint density at radius 1 is 1.00 bits per heavy atom. The Labute approximate surface area is 203 Å². The van der Waals surface area contributed by atoms with Gasteiger partial charge in [0.1, 0.15) is 5.75 Å². The summed E-state index contributed by atoms with van der Waals surface area (Å²) in [5.74, 6) is 0.769. The maximum absolute atomic E-state index is 12.3. The largest absolute Gasteiger partial charge is 0.497 e. The van der Waals surface area contributed by atoms with Crippen molar-refractivity contribution >= 4 is 73.9 Å². The van der Waals surface area contributed by atoms with Crippen molar-refractivity contribution in [1.82, 2.24) is 4.98 Å². The van der Waals surface area contributed by atoms with Crippen LogP contribution in [0.15, 0.2) is 71.1 Å². The lowest BCUT2D eigenvalue weighted by atomic mass is 10.3. The molecule has 0 saturated carbocycles. The number of para-hydroxylation sites is 1. The average Bonchev–Trinajstić information content (AvgIpc) is 3.21. The molecule has 1 heterocycles. The summed E-state index contributed by atoms with van der Waals surface area (Å²) in [6.07, 6.45) is 0. The fourth-order valence-corrected chi connectivity index (χ4v) is 5.01. The van der Waals surface area contributed by atoms with Gasteiger partial charge in [0.2, 0.25) is 5.91 Å². The summed E-state index contributed by atoms with van der Waals surface area (Å²) >= 11 is 8.89. The Bertz CT molecular complexity index is 1310. The average molecular weight is 499 g/mol. The molecule has 7 nitrogen and oxygen atoms in total. The van der Waals surface area contributed by atoms with Gasteiger partial charge in [0.25, 0.3) is 0 Å². The summed E-state index contributed by atoms with van der Waals surface area (Å²) in [6, 6.07) is 19.3. The van der Waals surface area contributed by atoms with Crippen LogP contribution in [-0.2, 0) is 4.79 Å². The van der Waals surface area contributed by atoms with Crippen molar-refractivity contribution in [1.29, 1.82) is 0 Å². The van der Waals surface area contributed by atoms with Crippen molar-refractivity contribution in [2.45, 2.75) is 4.34 Å². The molecule has 168 valence electrons. The van der Waals surface area contributed by atoms with Crippen LogP contribution in [0.1, 0.15) is 0 Å². The molecule has 0 atom stereocenters. The van der Waals surface area contributed by atoms with E-state index in [1.54, 1.807) is 49.6 Å². The second-order valence-corrected chi connectivity index (χ2v) is 9.45. The highest BCUT2D eigenvalue weighted by molar-refractivity contribution is 8.01. The van der Waals surface area contributed by atoms with Gasteiger partial charge < -0.3 is 20.7 Å². The number of aromatic nitrogens is 1. The number of hydrogen-bond acceptors (Lipinski definition) is 6. The van der Waals surface area contributed by atoms with Crippen LogP contribution in [0.5, 0.6) is 5.75 Å². The first-order chi connectivity index (χ1) is 16.0. The first-order valence-electron chi connectivity index (χ1n) is 9.80. The van der Waals surface area contributed by atoms with Crippen molar-refractivity contribution in [3.8, 4) is 5.75 Å². The van der Waals surface area contributed by atoms with E-state index in [1.807, 2.05) is 24.3 Å². The molecule has 0 spiro atoms. The highest BCUT2D eigenvalue weighted by Gasteiger charge is 2.11. The third-order valence-electron chi connectivity index (χ3n) is 4.43. The zero-order chi connectivity index (χ0) is 23.2. The number of fused-ring (bicyclic) bond motifs is 1. The fourth-order valence-electron chi connectivity index (χ4n) is 2.92. The third kappa shape index (κ3) is 6.16. The molecule has 3 amide bonds. The van der Waals surface area contributed by atoms with Crippen molar-refractivity contribution < 1.29 is 14.3 Å². The van der Waals surface area contributed by atoms with Gasteiger partial charge in [-0.25, -0.2) is 9.78 Å². The molecule has 4 aromatic rings. The van der Waals surface area contributed by atoms with Gasteiger partial charge in [-0.15, -0.1) is 11.3 Å². The minimum Gasteiger partial charge on any atom is -0.497 e. The lowest BCUT2D eigenvalue weighted by Gasteiger charge is -2.08. The zero-order valence-electron chi connectivity index (χ0n) is 17.4. The van der Waals surface area contributed by atoms with Gasteiger partial charge in [0, 0.05) is 17.4 Å². The number of nitrogens with zero attached hydrogens (tertiary/aromatic N) is 1. The van der Waals surface area contributed by atoms with Crippen LogP contribution >= 0.6 is 34.7 Å². The normalized spacial score (nSPS) is 10.6. The first-order valence-corrected chi connectivity index (χ1v) is 12.0. The molecule has 1 aromatic heterocycles. The molecule has 10 heteroatoms. The number of hydrogen-bond donors (Lipinski definition) is 3. The van der Waals surface area contributed by atoms with Gasteiger partial charge >= 0.3 is 6.03 Å². The topological polar surface area (TPSA) is 92.3 Å². The third-order valence-corrected chi connectivity index (χ3v) is 6.92. The number of thiazole rings is 1. The number of urea groups is 1. The van der Waals surface area contributed by atoms with E-state index in [4.69, 9.17) is 16.3 Å². The lowest BCUT2D eigenvalue weighted by molar-refractivity contribution is -0.113. The highest BCUT2D eigenvalue weighted by atomic mass is 35.5. The number of methoxy groups -OCH3 is 1. The van der Waals surface area contributed by atoms with E-state index in [2.05, 4.69) is 20.9 Å². The number of benzene rings is 3. The summed E-state index contributed by atoms with van der Waals surface area (Å²) in [7, 11) is 1.58. The summed E-state index contributed by atoms with van der Waals surface area (Å²) in [5.41, 5.74) is 2.63. The summed E-state index contributed by atoms with van der Waals surface area (Å²) in [4.78, 5) is 29.1. The predicted octanol–water partition coefficient (Wildman–Crippen LogP) is 6.33. The van der Waals surface area contributed by atoms with E-state index in [1.165, 1.54) is 23.1 Å². The minimum absolute atomic E-state index is 0.133. The number of amides is 3. The molecule has 0 aliphatic heterocycles. The van der Waals surface area contributed by atoms with Crippen LogP contribution in [0.4, 0.5) is 21.9 Å². The molecule has 0 aliphatic carbocycles. The fraction of sp³-hybridized carbons (Fsp3) is 0.0870. The first kappa shape index (κ1) is 22.9. The molecular formula is C23H19ClN4O3S2. The predicted molar refractivity (Wildman–Crippen MR) is 136 cm³/mol. The number of nitrogens with one attached hydrogen (secondary N) is 3. The van der Waals surface area contributed by atoms with Crippen LogP contribution in [0.25, 0.3) is 10.2 Å². The number of rotatable bonds is 7. The number of halogens is 1. The van der Waals surface area contributed by atoms with E-state index < -0.39 is 6.03 Å². The molecule has 0 fully saturated rings. The molecule has 0 radical (unpaired) electrons. The standard InChI is InChI=1S/C23H19ClN4O3S2/c1-31-16-6-4-5-14(11-16)25-21(29)13-32-23-28-19-10-9-15(12-20(19)33-23)26-22(30)27-18-8-3-2-7-17(18)24/h2-12H,13H2,1H3,(H,25,29)(H2,26,27,30). The number of carbonyl (C=O) groups excluding carboxylic acids is 2. The second kappa shape index (κ2) is 10.6. The summed E-state index contributed by atoms with van der Waals surface area (Å²) < 4.78 is 6.84. The van der Waals surface area contributed by atoms with E-state index in [0.717, 1.165) is 14.6 Å². The summed E-state index contributed by atoms with van der Waals surface area (Å²) in [5, 5.41) is 8.83. The molecule has 0 unspecified atom stereocenters. The van der Waals surface area contributed by atoms with Crippen LogP contribution < -0.4 is 20.7 Å². The molecule has 0 saturated heterocycles. The van der Waals surface area contributed by atoms with Crippen LogP contribution in [0.3, 0.4) is 0 Å². The van der Waals surface area contributed by atoms with Crippen LogP contribution in [0, 0.1) is 0 Å². The Morgan fingerprint density at radius 3 is 2.64 bits per heavy atom. The van der Waals surface area contributed by atoms with Gasteiger partial charge in [0.05, 0.1) is 33.8 Å².